The summed E-state index contributed by atoms with van der Waals surface area (Å²) in [6.45, 7) is 6.24. The van der Waals surface area contributed by atoms with Gasteiger partial charge in [-0.25, -0.2) is 4.98 Å². The second-order valence-corrected chi connectivity index (χ2v) is 4.68. The molecule has 2 aromatic rings. The molecule has 4 nitrogen and oxygen atoms in total. The monoisotopic (exact) mass is 230 g/mol. The molecule has 0 spiro atoms. The van der Waals surface area contributed by atoms with E-state index in [1.54, 1.807) is 6.33 Å². The summed E-state index contributed by atoms with van der Waals surface area (Å²) >= 11 is 0. The van der Waals surface area contributed by atoms with Gasteiger partial charge in [0.05, 0.1) is 30.1 Å². The van der Waals surface area contributed by atoms with Crippen LogP contribution in [0.15, 0.2) is 31.0 Å². The van der Waals surface area contributed by atoms with Crippen LogP contribution in [0.3, 0.4) is 0 Å². The van der Waals surface area contributed by atoms with Crippen LogP contribution in [0.1, 0.15) is 31.1 Å². The fourth-order valence-corrected chi connectivity index (χ4v) is 1.78. The zero-order valence-corrected chi connectivity index (χ0v) is 10.5. The topological polar surface area (TPSA) is 56.7 Å². The lowest BCUT2D eigenvalue weighted by Crippen LogP contribution is -2.19. The molecule has 0 amide bonds. The molecule has 2 rings (SSSR count). The molecule has 1 atom stereocenters. The minimum Gasteiger partial charge on any atom is -0.322 e. The molecule has 0 fully saturated rings. The molecule has 17 heavy (non-hydrogen) atoms. The van der Waals surface area contributed by atoms with Crippen LogP contribution in [-0.2, 0) is 0 Å². The number of aromatic nitrogens is 3. The van der Waals surface area contributed by atoms with Crippen molar-refractivity contribution in [2.75, 3.05) is 0 Å². The first kappa shape index (κ1) is 11.8. The van der Waals surface area contributed by atoms with Gasteiger partial charge in [-0.1, -0.05) is 13.8 Å². The Morgan fingerprint density at radius 3 is 2.59 bits per heavy atom. The number of hydrogen-bond acceptors (Lipinski definition) is 3. The maximum Gasteiger partial charge on any atom is 0.0995 e. The van der Waals surface area contributed by atoms with Crippen LogP contribution < -0.4 is 5.73 Å². The van der Waals surface area contributed by atoms with Crippen molar-refractivity contribution in [2.24, 2.45) is 11.7 Å². The maximum atomic E-state index is 6.18. The quantitative estimate of drug-likeness (QED) is 0.879. The van der Waals surface area contributed by atoms with Crippen molar-refractivity contribution in [1.82, 2.24) is 14.5 Å². The van der Waals surface area contributed by atoms with E-state index < -0.39 is 0 Å². The van der Waals surface area contributed by atoms with Crippen molar-refractivity contribution in [2.45, 2.75) is 26.8 Å². The zero-order valence-electron chi connectivity index (χ0n) is 10.5. The Balaban J connectivity index is 2.43. The van der Waals surface area contributed by atoms with Gasteiger partial charge < -0.3 is 10.3 Å². The zero-order chi connectivity index (χ0) is 12.4. The highest BCUT2D eigenvalue weighted by atomic mass is 15.1. The van der Waals surface area contributed by atoms with Crippen molar-refractivity contribution in [3.8, 4) is 5.69 Å². The summed E-state index contributed by atoms with van der Waals surface area (Å²) in [5.41, 5.74) is 9.33. The SMILES string of the molecule is Cc1cncc(-n2cncc2C(N)C(C)C)c1. The molecule has 90 valence electrons. The normalized spacial score (nSPS) is 13.0. The molecule has 0 bridgehead atoms. The number of hydrogen-bond donors (Lipinski definition) is 1. The van der Waals surface area contributed by atoms with Gasteiger partial charge in [0.25, 0.3) is 0 Å². The lowest BCUT2D eigenvalue weighted by atomic mass is 10.0. The minimum absolute atomic E-state index is 0.0157. The van der Waals surface area contributed by atoms with Gasteiger partial charge in [-0.15, -0.1) is 0 Å². The van der Waals surface area contributed by atoms with Crippen LogP contribution in [0, 0.1) is 12.8 Å². The Morgan fingerprint density at radius 2 is 1.94 bits per heavy atom. The number of aryl methyl sites for hydroxylation is 1. The predicted octanol–water partition coefficient (Wildman–Crippen LogP) is 2.23. The highest BCUT2D eigenvalue weighted by molar-refractivity contribution is 5.34. The highest BCUT2D eigenvalue weighted by Crippen LogP contribution is 2.21. The third kappa shape index (κ3) is 2.36. The molecule has 2 heterocycles. The second kappa shape index (κ2) is 4.67. The number of nitrogens with two attached hydrogens (primary N) is 1. The van der Waals surface area contributed by atoms with E-state index in [-0.39, 0.29) is 6.04 Å². The van der Waals surface area contributed by atoms with Crippen molar-refractivity contribution in [1.29, 1.82) is 0 Å². The fraction of sp³-hybridized carbons (Fsp3) is 0.385. The second-order valence-electron chi connectivity index (χ2n) is 4.68. The Kier molecular flexibility index (Phi) is 3.24. The Hall–Kier alpha value is -1.68. The van der Waals surface area contributed by atoms with Crippen LogP contribution in [-0.4, -0.2) is 14.5 Å². The molecule has 0 aliphatic carbocycles. The van der Waals surface area contributed by atoms with E-state index in [0.29, 0.717) is 5.92 Å². The van der Waals surface area contributed by atoms with Gasteiger partial charge in [-0.2, -0.15) is 0 Å². The van der Waals surface area contributed by atoms with Crippen molar-refractivity contribution < 1.29 is 0 Å². The molecule has 0 aromatic carbocycles. The molecule has 0 aliphatic rings. The van der Waals surface area contributed by atoms with Crippen molar-refractivity contribution in [3.63, 3.8) is 0 Å². The summed E-state index contributed by atoms with van der Waals surface area (Å²) in [4.78, 5) is 8.38. The van der Waals surface area contributed by atoms with Crippen LogP contribution in [0.25, 0.3) is 5.69 Å². The third-order valence-corrected chi connectivity index (χ3v) is 2.87. The molecule has 2 N–H and O–H groups in total. The van der Waals surface area contributed by atoms with Gasteiger partial charge in [-0.05, 0) is 24.5 Å². The molecule has 0 saturated carbocycles. The molecule has 0 radical (unpaired) electrons. The minimum atomic E-state index is -0.0157. The van der Waals surface area contributed by atoms with Gasteiger partial charge in [0, 0.05) is 12.2 Å². The van der Waals surface area contributed by atoms with Gasteiger partial charge in [0.2, 0.25) is 0 Å². The molecule has 2 aromatic heterocycles. The molecule has 0 aliphatic heterocycles. The van der Waals surface area contributed by atoms with E-state index in [1.165, 1.54) is 0 Å². The van der Waals surface area contributed by atoms with E-state index in [0.717, 1.165) is 16.9 Å². The average molecular weight is 230 g/mol. The number of pyridine rings is 1. The van der Waals surface area contributed by atoms with Crippen LogP contribution in [0.4, 0.5) is 0 Å². The van der Waals surface area contributed by atoms with Crippen LogP contribution >= 0.6 is 0 Å². The van der Waals surface area contributed by atoms with E-state index in [4.69, 9.17) is 5.73 Å². The van der Waals surface area contributed by atoms with Crippen molar-refractivity contribution >= 4 is 0 Å². The largest absolute Gasteiger partial charge is 0.322 e. The maximum absolute atomic E-state index is 6.18. The van der Waals surface area contributed by atoms with E-state index in [1.807, 2.05) is 30.1 Å². The first-order valence-corrected chi connectivity index (χ1v) is 5.79. The molecule has 4 heteroatoms. The van der Waals surface area contributed by atoms with E-state index in [2.05, 4.69) is 29.9 Å². The summed E-state index contributed by atoms with van der Waals surface area (Å²) in [5.74, 6) is 0.378. The van der Waals surface area contributed by atoms with Crippen LogP contribution in [0.5, 0.6) is 0 Å². The average Bonchev–Trinajstić information content (AvgIpc) is 2.76. The molecular weight excluding hydrogens is 212 g/mol. The summed E-state index contributed by atoms with van der Waals surface area (Å²) in [7, 11) is 0. The molecular formula is C13H18N4. The first-order chi connectivity index (χ1) is 8.09. The van der Waals surface area contributed by atoms with E-state index >= 15 is 0 Å². The van der Waals surface area contributed by atoms with Crippen molar-refractivity contribution in [3.05, 3.63) is 42.2 Å². The number of imidazole rings is 1. The number of nitrogens with zero attached hydrogens (tertiary/aromatic N) is 3. The van der Waals surface area contributed by atoms with Gasteiger partial charge in [-0.3, -0.25) is 4.98 Å². The van der Waals surface area contributed by atoms with Gasteiger partial charge in [0.1, 0.15) is 0 Å². The predicted molar refractivity (Wildman–Crippen MR) is 67.9 cm³/mol. The number of rotatable bonds is 3. The van der Waals surface area contributed by atoms with Gasteiger partial charge in [0.15, 0.2) is 0 Å². The Labute approximate surface area is 102 Å². The third-order valence-electron chi connectivity index (χ3n) is 2.87. The summed E-state index contributed by atoms with van der Waals surface area (Å²) in [6, 6.07) is 2.06. The lowest BCUT2D eigenvalue weighted by molar-refractivity contribution is 0.497. The summed E-state index contributed by atoms with van der Waals surface area (Å²) < 4.78 is 2.00. The fourth-order valence-electron chi connectivity index (χ4n) is 1.78. The molecule has 1 unspecified atom stereocenters. The smallest absolute Gasteiger partial charge is 0.0995 e. The van der Waals surface area contributed by atoms with Crippen LogP contribution in [0.2, 0.25) is 0 Å². The Bertz CT molecular complexity index is 502. The van der Waals surface area contributed by atoms with E-state index in [9.17, 15) is 0 Å². The standard InChI is InChI=1S/C13H18N4/c1-9(2)13(14)12-7-16-8-17(12)11-4-10(3)5-15-6-11/h4-9,13H,14H2,1-3H3. The molecule has 0 saturated heterocycles. The first-order valence-electron chi connectivity index (χ1n) is 5.79. The Morgan fingerprint density at radius 1 is 1.18 bits per heavy atom. The highest BCUT2D eigenvalue weighted by Gasteiger charge is 2.15. The summed E-state index contributed by atoms with van der Waals surface area (Å²) in [5, 5.41) is 0. The van der Waals surface area contributed by atoms with Gasteiger partial charge >= 0.3 is 0 Å². The summed E-state index contributed by atoms with van der Waals surface area (Å²) in [6.07, 6.45) is 7.27. The lowest BCUT2D eigenvalue weighted by Gasteiger charge is -2.17.